The van der Waals surface area contributed by atoms with E-state index in [1.54, 1.807) is 6.07 Å². The number of benzene rings is 4. The van der Waals surface area contributed by atoms with E-state index in [0.717, 1.165) is 22.3 Å². The van der Waals surface area contributed by atoms with Gasteiger partial charge in [0, 0.05) is 0 Å². The van der Waals surface area contributed by atoms with Crippen molar-refractivity contribution in [2.45, 2.75) is 13.8 Å². The molecule has 0 spiro atoms. The molecule has 0 aliphatic rings. The summed E-state index contributed by atoms with van der Waals surface area (Å²) in [5.41, 5.74) is 4.92. The number of hydrogen-bond acceptors (Lipinski definition) is 8. The summed E-state index contributed by atoms with van der Waals surface area (Å²) in [6, 6.07) is 19.7. The molecule has 0 aliphatic carbocycles. The Morgan fingerprint density at radius 1 is 0.639 bits per heavy atom. The molecule has 0 heterocycles. The zero-order valence-corrected chi connectivity index (χ0v) is 19.4. The van der Waals surface area contributed by atoms with Crippen LogP contribution in [0.4, 0.5) is 22.7 Å². The summed E-state index contributed by atoms with van der Waals surface area (Å²) in [5.74, 6) is -1.90. The van der Waals surface area contributed by atoms with E-state index in [1.165, 1.54) is 36.4 Å². The van der Waals surface area contributed by atoms with Gasteiger partial charge in [-0.1, -0.05) is 18.2 Å². The number of aryl methyl sites for hydroxylation is 2. The molecule has 0 amide bonds. The molecule has 0 bridgehead atoms. The lowest BCUT2D eigenvalue weighted by atomic mass is 10.0. The van der Waals surface area contributed by atoms with Crippen LogP contribution in [0, 0.1) is 13.8 Å². The molecular formula is C27H22N4O5. The Morgan fingerprint density at radius 3 is 1.72 bits per heavy atom. The van der Waals surface area contributed by atoms with E-state index in [0.29, 0.717) is 17.1 Å². The molecule has 0 radical (unpaired) electrons. The maximum atomic E-state index is 11.2. The van der Waals surface area contributed by atoms with Crippen LogP contribution < -0.4 is 0 Å². The lowest BCUT2D eigenvalue weighted by Crippen LogP contribution is -1.95. The van der Waals surface area contributed by atoms with Crippen molar-refractivity contribution in [1.29, 1.82) is 0 Å². The number of hydrogen-bond donors (Lipinski definition) is 4. The number of rotatable bonds is 6. The average Bonchev–Trinajstić information content (AvgIpc) is 2.84. The van der Waals surface area contributed by atoms with Gasteiger partial charge in [0.2, 0.25) is 0 Å². The smallest absolute Gasteiger partial charge is 0.339 e. The van der Waals surface area contributed by atoms with Gasteiger partial charge in [0.25, 0.3) is 0 Å². The minimum absolute atomic E-state index is 0.00726. The van der Waals surface area contributed by atoms with Gasteiger partial charge in [-0.15, -0.1) is 5.11 Å². The first-order valence-corrected chi connectivity index (χ1v) is 10.9. The minimum Gasteiger partial charge on any atom is -0.507 e. The number of carbonyl (C=O) groups is 1. The predicted octanol–water partition coefficient (Wildman–Crippen LogP) is 7.62. The monoisotopic (exact) mass is 482 g/mol. The third-order valence-electron chi connectivity index (χ3n) is 5.46. The van der Waals surface area contributed by atoms with E-state index in [-0.39, 0.29) is 28.5 Å². The number of azo groups is 2. The van der Waals surface area contributed by atoms with Gasteiger partial charge in [0.15, 0.2) is 5.69 Å². The number of phenols is 3. The average molecular weight is 482 g/mol. The van der Waals surface area contributed by atoms with Crippen LogP contribution >= 0.6 is 0 Å². The minimum atomic E-state index is -1.25. The summed E-state index contributed by atoms with van der Waals surface area (Å²) in [5, 5.41) is 55.0. The molecular weight excluding hydrogens is 460 g/mol. The van der Waals surface area contributed by atoms with Gasteiger partial charge in [-0.05, 0) is 90.7 Å². The number of aromatic hydroxyl groups is 3. The fourth-order valence-corrected chi connectivity index (χ4v) is 3.49. The van der Waals surface area contributed by atoms with E-state index in [4.69, 9.17) is 5.11 Å². The summed E-state index contributed by atoms with van der Waals surface area (Å²) < 4.78 is 0. The number of carboxylic acids is 1. The first-order valence-electron chi connectivity index (χ1n) is 10.9. The highest BCUT2D eigenvalue weighted by Gasteiger charge is 2.11. The van der Waals surface area contributed by atoms with Gasteiger partial charge in [-0.2, -0.15) is 15.3 Å². The largest absolute Gasteiger partial charge is 0.507 e. The van der Waals surface area contributed by atoms with Gasteiger partial charge in [0.1, 0.15) is 22.8 Å². The summed E-state index contributed by atoms with van der Waals surface area (Å²) in [6.07, 6.45) is 0. The maximum Gasteiger partial charge on any atom is 0.339 e. The molecule has 9 nitrogen and oxygen atoms in total. The molecule has 4 aromatic rings. The number of aromatic carboxylic acids is 1. The van der Waals surface area contributed by atoms with Gasteiger partial charge in [-0.25, -0.2) is 4.79 Å². The third-order valence-corrected chi connectivity index (χ3v) is 5.46. The van der Waals surface area contributed by atoms with E-state index >= 15 is 0 Å². The second-order valence-corrected chi connectivity index (χ2v) is 8.05. The Labute approximate surface area is 206 Å². The molecule has 9 heteroatoms. The van der Waals surface area contributed by atoms with Crippen molar-refractivity contribution in [3.63, 3.8) is 0 Å². The van der Waals surface area contributed by atoms with Gasteiger partial charge in [-0.3, -0.25) is 0 Å². The van der Waals surface area contributed by atoms with Crippen molar-refractivity contribution in [1.82, 2.24) is 0 Å². The Kier molecular flexibility index (Phi) is 6.73. The first kappa shape index (κ1) is 24.1. The summed E-state index contributed by atoms with van der Waals surface area (Å²) in [6.45, 7) is 3.78. The molecule has 36 heavy (non-hydrogen) atoms. The Morgan fingerprint density at radius 2 is 1.19 bits per heavy atom. The van der Waals surface area contributed by atoms with Gasteiger partial charge >= 0.3 is 5.97 Å². The molecule has 180 valence electrons. The zero-order chi connectivity index (χ0) is 25.8. The lowest BCUT2D eigenvalue weighted by molar-refractivity contribution is 0.0693. The number of carboxylic acid groups (broad SMARTS) is 1. The molecule has 0 saturated carbocycles. The summed E-state index contributed by atoms with van der Waals surface area (Å²) in [7, 11) is 0. The highest BCUT2D eigenvalue weighted by Crippen LogP contribution is 2.37. The number of phenolic OH excluding ortho intramolecular Hbond substituents is 2. The van der Waals surface area contributed by atoms with Crippen LogP contribution in [0.3, 0.4) is 0 Å². The molecule has 4 N–H and O–H groups in total. The second kappa shape index (κ2) is 10.1. The van der Waals surface area contributed by atoms with Crippen LogP contribution in [0.2, 0.25) is 0 Å². The van der Waals surface area contributed by atoms with Crippen LogP contribution in [-0.4, -0.2) is 26.4 Å². The molecule has 0 fully saturated rings. The number of nitrogens with zero attached hydrogens (tertiary/aromatic N) is 4. The lowest BCUT2D eigenvalue weighted by Gasteiger charge is -2.08. The molecule has 0 saturated heterocycles. The quantitative estimate of drug-likeness (QED) is 0.209. The summed E-state index contributed by atoms with van der Waals surface area (Å²) in [4.78, 5) is 11.2. The molecule has 0 aliphatic heterocycles. The standard InChI is InChI=1S/C27H22N4O5/c1-15-12-17(6-9-21(15)29-28-19-8-11-23(32)20(14-19)27(35)36)18-7-10-22(16(2)13-18)30-31-26-24(33)4-3-5-25(26)34/h3-14,32-34H,1-2H3,(H,35,36). The normalized spacial score (nSPS) is 11.4. The molecule has 4 rings (SSSR count). The van der Waals surface area contributed by atoms with Crippen molar-refractivity contribution < 1.29 is 25.2 Å². The van der Waals surface area contributed by atoms with Crippen LogP contribution in [0.25, 0.3) is 11.1 Å². The highest BCUT2D eigenvalue weighted by atomic mass is 16.4. The summed E-state index contributed by atoms with van der Waals surface area (Å²) >= 11 is 0. The van der Waals surface area contributed by atoms with Crippen molar-refractivity contribution >= 4 is 28.7 Å². The molecule has 4 aromatic carbocycles. The Balaban J connectivity index is 1.55. The fourth-order valence-electron chi connectivity index (χ4n) is 3.49. The topological polar surface area (TPSA) is 147 Å². The van der Waals surface area contributed by atoms with Crippen LogP contribution in [-0.2, 0) is 0 Å². The van der Waals surface area contributed by atoms with Crippen LogP contribution in [0.5, 0.6) is 17.2 Å². The van der Waals surface area contributed by atoms with Crippen molar-refractivity contribution in [2.75, 3.05) is 0 Å². The molecule has 0 atom stereocenters. The first-order chi connectivity index (χ1) is 17.2. The van der Waals surface area contributed by atoms with E-state index < -0.39 is 5.97 Å². The maximum absolute atomic E-state index is 11.2. The van der Waals surface area contributed by atoms with E-state index in [9.17, 15) is 20.1 Å². The molecule has 0 unspecified atom stereocenters. The van der Waals surface area contributed by atoms with Crippen molar-refractivity contribution in [3.05, 3.63) is 89.5 Å². The van der Waals surface area contributed by atoms with E-state index in [2.05, 4.69) is 20.5 Å². The second-order valence-electron chi connectivity index (χ2n) is 8.05. The van der Waals surface area contributed by atoms with Gasteiger partial charge in [0.05, 0.1) is 17.1 Å². The van der Waals surface area contributed by atoms with E-state index in [1.807, 2.05) is 44.2 Å². The Bertz CT molecular complexity index is 1510. The van der Waals surface area contributed by atoms with Crippen molar-refractivity contribution in [3.8, 4) is 28.4 Å². The molecule has 0 aromatic heterocycles. The van der Waals surface area contributed by atoms with Crippen molar-refractivity contribution in [2.24, 2.45) is 20.5 Å². The SMILES string of the molecule is Cc1cc(-c2ccc(N=Nc3c(O)cccc3O)c(C)c2)ccc1N=Nc1ccc(O)c(C(=O)O)c1. The third kappa shape index (κ3) is 5.20. The Hall–Kier alpha value is -5.05. The fraction of sp³-hybridized carbons (Fsp3) is 0.0741. The van der Waals surface area contributed by atoms with Crippen LogP contribution in [0.15, 0.2) is 93.3 Å². The predicted molar refractivity (Wildman–Crippen MR) is 135 cm³/mol. The zero-order valence-electron chi connectivity index (χ0n) is 19.4. The van der Waals surface area contributed by atoms with Crippen LogP contribution in [0.1, 0.15) is 21.5 Å². The van der Waals surface area contributed by atoms with Gasteiger partial charge < -0.3 is 20.4 Å². The highest BCUT2D eigenvalue weighted by molar-refractivity contribution is 5.91.